The summed E-state index contributed by atoms with van der Waals surface area (Å²) in [6, 6.07) is 0.363. The number of nitrogens with two attached hydrogens (primary N) is 1. The number of nitrogens with zero attached hydrogens (tertiary/aromatic N) is 3. The highest BCUT2D eigenvalue weighted by molar-refractivity contribution is 5.85. The molecule has 1 fully saturated rings. The van der Waals surface area contributed by atoms with E-state index in [9.17, 15) is 0 Å². The van der Waals surface area contributed by atoms with Crippen LogP contribution in [0.2, 0.25) is 0 Å². The Hall–Kier alpha value is -0.690. The third kappa shape index (κ3) is 4.14. The summed E-state index contributed by atoms with van der Waals surface area (Å²) in [5, 5.41) is 3.93. The van der Waals surface area contributed by atoms with Crippen molar-refractivity contribution in [2.75, 3.05) is 13.2 Å². The summed E-state index contributed by atoms with van der Waals surface area (Å²) in [6.07, 6.45) is 0.245. The molecule has 1 aliphatic heterocycles. The Bertz CT molecular complexity index is 405. The van der Waals surface area contributed by atoms with Crippen molar-refractivity contribution in [2.24, 2.45) is 5.73 Å². The molecule has 0 aromatic carbocycles. The predicted octanol–water partition coefficient (Wildman–Crippen LogP) is 1.29. The van der Waals surface area contributed by atoms with Gasteiger partial charge in [0.2, 0.25) is 5.89 Å². The first kappa shape index (κ1) is 16.4. The van der Waals surface area contributed by atoms with E-state index < -0.39 is 5.54 Å². The maximum atomic E-state index is 5.93. The van der Waals surface area contributed by atoms with E-state index in [2.05, 4.69) is 28.9 Å². The molecule has 19 heavy (non-hydrogen) atoms. The van der Waals surface area contributed by atoms with Crippen molar-refractivity contribution in [3.05, 3.63) is 11.7 Å². The molecule has 2 heterocycles. The molecule has 1 aliphatic rings. The summed E-state index contributed by atoms with van der Waals surface area (Å²) in [4.78, 5) is 6.64. The molecule has 2 rings (SSSR count). The van der Waals surface area contributed by atoms with Gasteiger partial charge in [-0.1, -0.05) is 5.16 Å². The van der Waals surface area contributed by atoms with E-state index in [0.29, 0.717) is 24.3 Å². The number of hydrogen-bond acceptors (Lipinski definition) is 6. The van der Waals surface area contributed by atoms with Crippen molar-refractivity contribution in [2.45, 2.75) is 51.9 Å². The van der Waals surface area contributed by atoms with Gasteiger partial charge in [0.05, 0.1) is 24.8 Å². The van der Waals surface area contributed by atoms with E-state index >= 15 is 0 Å². The molecular weight excluding hydrogens is 268 g/mol. The molecule has 1 saturated heterocycles. The molecule has 0 saturated carbocycles. The second kappa shape index (κ2) is 6.17. The van der Waals surface area contributed by atoms with Gasteiger partial charge in [-0.2, -0.15) is 4.98 Å². The Balaban J connectivity index is 0.00000180. The lowest BCUT2D eigenvalue weighted by Crippen LogP contribution is -2.46. The topological polar surface area (TPSA) is 77.4 Å². The fourth-order valence-corrected chi connectivity index (χ4v) is 1.95. The molecule has 0 radical (unpaired) electrons. The lowest BCUT2D eigenvalue weighted by molar-refractivity contribution is -0.0555. The van der Waals surface area contributed by atoms with Crippen LogP contribution in [0.4, 0.5) is 0 Å². The normalized spacial score (nSPS) is 25.1. The minimum absolute atomic E-state index is 0. The summed E-state index contributed by atoms with van der Waals surface area (Å²) in [5.41, 5.74) is 5.37. The second-order valence-electron chi connectivity index (χ2n) is 5.66. The number of hydrogen-bond donors (Lipinski definition) is 1. The smallest absolute Gasteiger partial charge is 0.240 e. The second-order valence-corrected chi connectivity index (χ2v) is 5.66. The minimum Gasteiger partial charge on any atom is -0.376 e. The molecule has 7 heteroatoms. The Morgan fingerprint density at radius 1 is 1.42 bits per heavy atom. The van der Waals surface area contributed by atoms with Gasteiger partial charge in [-0.25, -0.2) is 0 Å². The van der Waals surface area contributed by atoms with Crippen LogP contribution in [0, 0.1) is 0 Å². The first-order valence-corrected chi connectivity index (χ1v) is 6.34. The molecule has 2 N–H and O–H groups in total. The van der Waals surface area contributed by atoms with E-state index in [0.717, 1.165) is 13.2 Å². The van der Waals surface area contributed by atoms with E-state index in [-0.39, 0.29) is 18.5 Å². The largest absolute Gasteiger partial charge is 0.376 e. The van der Waals surface area contributed by atoms with E-state index in [1.54, 1.807) is 0 Å². The van der Waals surface area contributed by atoms with Gasteiger partial charge in [0, 0.05) is 12.6 Å². The van der Waals surface area contributed by atoms with Crippen LogP contribution in [0.3, 0.4) is 0 Å². The Labute approximate surface area is 120 Å². The fraction of sp³-hybridized carbons (Fsp3) is 0.833. The van der Waals surface area contributed by atoms with E-state index in [1.165, 1.54) is 0 Å². The van der Waals surface area contributed by atoms with Crippen molar-refractivity contribution >= 4 is 12.4 Å². The maximum absolute atomic E-state index is 5.93. The molecule has 0 amide bonds. The average molecular weight is 291 g/mol. The predicted molar refractivity (Wildman–Crippen MR) is 74.0 cm³/mol. The lowest BCUT2D eigenvalue weighted by atomic mass is 10.1. The monoisotopic (exact) mass is 290 g/mol. The van der Waals surface area contributed by atoms with Gasteiger partial charge < -0.3 is 15.0 Å². The Kier molecular flexibility index (Phi) is 5.32. The van der Waals surface area contributed by atoms with Crippen molar-refractivity contribution in [3.8, 4) is 0 Å². The molecule has 0 aliphatic carbocycles. The molecule has 110 valence electrons. The molecule has 0 bridgehead atoms. The zero-order chi connectivity index (χ0) is 13.3. The molecule has 0 spiro atoms. The highest BCUT2D eigenvalue weighted by atomic mass is 35.5. The van der Waals surface area contributed by atoms with Crippen LogP contribution in [0.5, 0.6) is 0 Å². The Morgan fingerprint density at radius 2 is 2.11 bits per heavy atom. The van der Waals surface area contributed by atoms with Gasteiger partial charge in [-0.05, 0) is 27.7 Å². The zero-order valence-electron chi connectivity index (χ0n) is 11.9. The summed E-state index contributed by atoms with van der Waals surface area (Å²) >= 11 is 0. The fourth-order valence-electron chi connectivity index (χ4n) is 1.95. The number of aromatic nitrogens is 2. The van der Waals surface area contributed by atoms with Gasteiger partial charge in [0.25, 0.3) is 0 Å². The number of morpholine rings is 1. The lowest BCUT2D eigenvalue weighted by Gasteiger charge is -2.35. The number of ether oxygens (including phenoxy) is 1. The zero-order valence-corrected chi connectivity index (χ0v) is 12.7. The number of halogens is 1. The molecular formula is C12H23ClN4O2. The molecule has 2 unspecified atom stereocenters. The first-order chi connectivity index (χ1) is 8.36. The Morgan fingerprint density at radius 3 is 2.68 bits per heavy atom. The van der Waals surface area contributed by atoms with Crippen LogP contribution in [-0.4, -0.2) is 40.3 Å². The third-order valence-electron chi connectivity index (χ3n) is 3.12. The molecule has 2 atom stereocenters. The summed E-state index contributed by atoms with van der Waals surface area (Å²) < 4.78 is 10.8. The maximum Gasteiger partial charge on any atom is 0.240 e. The first-order valence-electron chi connectivity index (χ1n) is 6.34. The minimum atomic E-state index is -0.564. The average Bonchev–Trinajstić information content (AvgIpc) is 2.71. The molecule has 1 aromatic rings. The van der Waals surface area contributed by atoms with Crippen molar-refractivity contribution in [1.29, 1.82) is 0 Å². The summed E-state index contributed by atoms with van der Waals surface area (Å²) in [7, 11) is 0. The van der Waals surface area contributed by atoms with Crippen LogP contribution in [0.1, 0.15) is 39.4 Å². The third-order valence-corrected chi connectivity index (χ3v) is 3.12. The van der Waals surface area contributed by atoms with Gasteiger partial charge in [0.1, 0.15) is 0 Å². The van der Waals surface area contributed by atoms with E-state index in [1.807, 2.05) is 13.8 Å². The van der Waals surface area contributed by atoms with Crippen LogP contribution in [0.15, 0.2) is 4.52 Å². The summed E-state index contributed by atoms with van der Waals surface area (Å²) in [6.45, 7) is 10.2. The van der Waals surface area contributed by atoms with Gasteiger partial charge >= 0.3 is 0 Å². The van der Waals surface area contributed by atoms with Gasteiger partial charge in [0.15, 0.2) is 5.82 Å². The molecule has 6 nitrogen and oxygen atoms in total. The highest BCUT2D eigenvalue weighted by Gasteiger charge is 2.27. The van der Waals surface area contributed by atoms with Crippen molar-refractivity contribution in [1.82, 2.24) is 15.0 Å². The van der Waals surface area contributed by atoms with Crippen molar-refractivity contribution < 1.29 is 9.26 Å². The number of rotatable bonds is 3. The van der Waals surface area contributed by atoms with Crippen LogP contribution in [0.25, 0.3) is 0 Å². The summed E-state index contributed by atoms with van der Waals surface area (Å²) in [5.74, 6) is 1.16. The quantitative estimate of drug-likeness (QED) is 0.904. The molecule has 1 aromatic heterocycles. The van der Waals surface area contributed by atoms with Crippen LogP contribution in [-0.2, 0) is 16.8 Å². The van der Waals surface area contributed by atoms with Gasteiger partial charge in [-0.3, -0.25) is 4.90 Å². The SMILES string of the molecule is CC1CN(Cc2nc(C(C)(C)N)no2)C(C)CO1.Cl. The van der Waals surface area contributed by atoms with Crippen molar-refractivity contribution in [3.63, 3.8) is 0 Å². The standard InChI is InChI=1S/C12H22N4O2.ClH/c1-8-7-17-9(2)5-16(8)6-10-14-11(15-18-10)12(3,4)13;/h8-9H,5-7,13H2,1-4H3;1H. The van der Waals surface area contributed by atoms with Crippen LogP contribution < -0.4 is 5.73 Å². The highest BCUT2D eigenvalue weighted by Crippen LogP contribution is 2.17. The van der Waals surface area contributed by atoms with Crippen LogP contribution >= 0.6 is 12.4 Å². The van der Waals surface area contributed by atoms with Gasteiger partial charge in [-0.15, -0.1) is 12.4 Å². The van der Waals surface area contributed by atoms with E-state index in [4.69, 9.17) is 15.0 Å².